The maximum absolute atomic E-state index is 11.5. The summed E-state index contributed by atoms with van der Waals surface area (Å²) in [7, 11) is 0. The highest BCUT2D eigenvalue weighted by atomic mass is 16.3. The Balaban J connectivity index is 0.963. The lowest BCUT2D eigenvalue weighted by Crippen LogP contribution is -2.10. The van der Waals surface area contributed by atoms with Gasteiger partial charge in [-0.3, -0.25) is 0 Å². The highest BCUT2D eigenvalue weighted by molar-refractivity contribution is 5.49. The van der Waals surface area contributed by atoms with Gasteiger partial charge in [0, 0.05) is 0 Å². The first-order chi connectivity index (χ1) is 23.2. The second-order valence-electron chi connectivity index (χ2n) is 16.6. The van der Waals surface area contributed by atoms with Gasteiger partial charge in [0.15, 0.2) is 0 Å². The summed E-state index contributed by atoms with van der Waals surface area (Å²) < 4.78 is 0. The molecule has 0 aromatic heterocycles. The number of phenolic OH excluding ortho intramolecular Hbond substituents is 2. The van der Waals surface area contributed by atoms with E-state index in [0.29, 0.717) is 35.2 Å². The van der Waals surface area contributed by atoms with Crippen LogP contribution in [0.3, 0.4) is 0 Å². The normalized spacial score (nSPS) is 20.9. The molecule has 260 valence electrons. The second kappa shape index (κ2) is 18.2. The molecular weight excluding hydrogens is 572 g/mol. The molecule has 2 N–H and O–H groups in total. The average molecular weight is 641 g/mol. The van der Waals surface area contributed by atoms with Gasteiger partial charge in [-0.25, -0.2) is 0 Å². The summed E-state index contributed by atoms with van der Waals surface area (Å²) in [5, 5.41) is 22.9. The number of aryl methyl sites for hydroxylation is 2. The lowest BCUT2D eigenvalue weighted by Gasteiger charge is -2.28. The van der Waals surface area contributed by atoms with Gasteiger partial charge in [-0.15, -0.1) is 0 Å². The van der Waals surface area contributed by atoms with Crippen LogP contribution in [0.2, 0.25) is 0 Å². The van der Waals surface area contributed by atoms with Crippen LogP contribution >= 0.6 is 0 Å². The molecule has 0 spiro atoms. The molecule has 2 heteroatoms. The molecule has 0 amide bonds. The first-order valence-corrected chi connectivity index (χ1v) is 20.9. The Morgan fingerprint density at radius 2 is 0.574 bits per heavy atom. The third-order valence-electron chi connectivity index (χ3n) is 13.1. The summed E-state index contributed by atoms with van der Waals surface area (Å²) >= 11 is 0. The first-order valence-electron chi connectivity index (χ1n) is 20.9. The molecule has 4 saturated carbocycles. The number of hydrogen-bond acceptors (Lipinski definition) is 2. The predicted molar refractivity (Wildman–Crippen MR) is 199 cm³/mol. The van der Waals surface area contributed by atoms with Crippen LogP contribution in [-0.2, 0) is 12.8 Å². The second-order valence-corrected chi connectivity index (χ2v) is 16.6. The van der Waals surface area contributed by atoms with Gasteiger partial charge in [0.25, 0.3) is 0 Å². The molecule has 0 saturated heterocycles. The first kappa shape index (κ1) is 34.9. The average Bonchev–Trinajstić information content (AvgIpc) is 3.13. The fourth-order valence-corrected chi connectivity index (χ4v) is 10.2. The molecule has 0 unspecified atom stereocenters. The molecule has 2 nitrogen and oxygen atoms in total. The maximum atomic E-state index is 11.5. The SMILES string of the molecule is Oc1c(C2CCCCC2)cc(CCCCCCCCCc2cc(C3CCCCC3)c(O)c(C3CCCCC3)c2)cc1C1CCCCC1. The minimum absolute atomic E-state index is 0.574. The van der Waals surface area contributed by atoms with Crippen molar-refractivity contribution in [3.63, 3.8) is 0 Å². The van der Waals surface area contributed by atoms with Gasteiger partial charge in [-0.05, 0) is 134 Å². The maximum Gasteiger partial charge on any atom is 0.122 e. The van der Waals surface area contributed by atoms with Crippen LogP contribution in [0.5, 0.6) is 11.5 Å². The molecule has 2 aromatic carbocycles. The van der Waals surface area contributed by atoms with E-state index in [1.807, 2.05) is 0 Å². The molecule has 4 aliphatic rings. The third-order valence-corrected chi connectivity index (χ3v) is 13.1. The van der Waals surface area contributed by atoms with Gasteiger partial charge in [0.1, 0.15) is 11.5 Å². The van der Waals surface area contributed by atoms with Crippen molar-refractivity contribution in [2.45, 2.75) is 210 Å². The van der Waals surface area contributed by atoms with Gasteiger partial charge in [-0.1, -0.05) is 133 Å². The highest BCUT2D eigenvalue weighted by Crippen LogP contribution is 2.46. The van der Waals surface area contributed by atoms with Crippen molar-refractivity contribution in [3.8, 4) is 11.5 Å². The number of aromatic hydroxyl groups is 2. The van der Waals surface area contributed by atoms with Gasteiger partial charge in [-0.2, -0.15) is 0 Å². The van der Waals surface area contributed by atoms with Crippen molar-refractivity contribution in [1.29, 1.82) is 0 Å². The molecule has 4 aliphatic carbocycles. The van der Waals surface area contributed by atoms with Gasteiger partial charge in [0.05, 0.1) is 0 Å². The molecule has 47 heavy (non-hydrogen) atoms. The number of phenols is 2. The third kappa shape index (κ3) is 9.60. The fraction of sp³-hybridized carbons (Fsp3) is 0.733. The van der Waals surface area contributed by atoms with E-state index >= 15 is 0 Å². The van der Waals surface area contributed by atoms with E-state index in [4.69, 9.17) is 0 Å². The summed E-state index contributed by atoms with van der Waals surface area (Å²) in [6, 6.07) is 9.67. The zero-order valence-corrected chi connectivity index (χ0v) is 30.0. The number of benzene rings is 2. The van der Waals surface area contributed by atoms with Crippen LogP contribution in [0.1, 0.15) is 230 Å². The van der Waals surface area contributed by atoms with Gasteiger partial charge < -0.3 is 10.2 Å². The number of hydrogen-bond donors (Lipinski definition) is 2. The zero-order valence-electron chi connectivity index (χ0n) is 30.0. The largest absolute Gasteiger partial charge is 0.507 e. The molecule has 0 bridgehead atoms. The van der Waals surface area contributed by atoms with Crippen molar-refractivity contribution in [2.75, 3.05) is 0 Å². The van der Waals surface area contributed by atoms with Crippen LogP contribution in [-0.4, -0.2) is 10.2 Å². The smallest absolute Gasteiger partial charge is 0.122 e. The lowest BCUT2D eigenvalue weighted by molar-refractivity contribution is 0.392. The van der Waals surface area contributed by atoms with Gasteiger partial charge >= 0.3 is 0 Å². The number of rotatable bonds is 14. The van der Waals surface area contributed by atoms with E-state index in [2.05, 4.69) is 24.3 Å². The molecule has 0 radical (unpaired) electrons. The molecule has 0 aliphatic heterocycles. The molecule has 0 heterocycles. The molecular formula is C45H68O2. The van der Waals surface area contributed by atoms with Crippen molar-refractivity contribution >= 4 is 0 Å². The van der Waals surface area contributed by atoms with Crippen molar-refractivity contribution in [1.82, 2.24) is 0 Å². The Kier molecular flexibility index (Phi) is 13.5. The van der Waals surface area contributed by atoms with Crippen molar-refractivity contribution in [3.05, 3.63) is 57.6 Å². The van der Waals surface area contributed by atoms with E-state index in [-0.39, 0.29) is 0 Å². The topological polar surface area (TPSA) is 40.5 Å². The Bertz CT molecular complexity index is 1050. The van der Waals surface area contributed by atoms with Crippen LogP contribution < -0.4 is 0 Å². The summed E-state index contributed by atoms with van der Waals surface area (Å²) in [4.78, 5) is 0. The van der Waals surface area contributed by atoms with Crippen LogP contribution in [0.4, 0.5) is 0 Å². The Morgan fingerprint density at radius 3 is 0.830 bits per heavy atom. The van der Waals surface area contributed by atoms with E-state index < -0.39 is 0 Å². The Morgan fingerprint density at radius 1 is 0.340 bits per heavy atom. The minimum Gasteiger partial charge on any atom is -0.507 e. The van der Waals surface area contributed by atoms with E-state index in [9.17, 15) is 10.2 Å². The standard InChI is InChI=1S/C45H68O2/c46-44-40(36-22-12-6-13-23-36)30-34(31-41(44)37-24-14-7-15-25-37)20-10-4-2-1-3-5-11-21-35-32-42(38-26-16-8-17-27-38)45(47)43(33-35)39-28-18-9-19-29-39/h30-33,36-39,46-47H,1-29H2. The quantitative estimate of drug-likeness (QED) is 0.202. The van der Waals surface area contributed by atoms with Crippen molar-refractivity contribution < 1.29 is 10.2 Å². The summed E-state index contributed by atoms with van der Waals surface area (Å²) in [5.41, 5.74) is 8.19. The van der Waals surface area contributed by atoms with Crippen LogP contribution in [0.25, 0.3) is 0 Å². The van der Waals surface area contributed by atoms with E-state index in [1.54, 1.807) is 0 Å². The summed E-state index contributed by atoms with van der Waals surface area (Å²) in [6.45, 7) is 0. The van der Waals surface area contributed by atoms with Gasteiger partial charge in [0.2, 0.25) is 0 Å². The van der Waals surface area contributed by atoms with E-state index in [1.165, 1.54) is 220 Å². The predicted octanol–water partition coefficient (Wildman–Crippen LogP) is 13.8. The molecule has 6 rings (SSSR count). The highest BCUT2D eigenvalue weighted by Gasteiger charge is 2.27. The van der Waals surface area contributed by atoms with Crippen LogP contribution in [0.15, 0.2) is 24.3 Å². The molecule has 0 atom stereocenters. The Labute approximate surface area is 288 Å². The van der Waals surface area contributed by atoms with Crippen LogP contribution in [0, 0.1) is 0 Å². The lowest BCUT2D eigenvalue weighted by atomic mass is 9.78. The summed E-state index contributed by atoms with van der Waals surface area (Å²) in [6.07, 6.45) is 37.8. The monoisotopic (exact) mass is 641 g/mol. The molecule has 4 fully saturated rings. The van der Waals surface area contributed by atoms with Crippen molar-refractivity contribution in [2.24, 2.45) is 0 Å². The zero-order chi connectivity index (χ0) is 32.3. The van der Waals surface area contributed by atoms with E-state index in [0.717, 1.165) is 0 Å². The summed E-state index contributed by atoms with van der Waals surface area (Å²) in [5.74, 6) is 3.65. The number of unbranched alkanes of at least 4 members (excludes halogenated alkanes) is 6. The molecule has 2 aromatic rings. The minimum atomic E-state index is 0.574. The fourth-order valence-electron chi connectivity index (χ4n) is 10.2. The Hall–Kier alpha value is -1.96.